The van der Waals surface area contributed by atoms with Crippen molar-refractivity contribution in [2.24, 2.45) is 7.05 Å². The number of aromatic nitrogens is 1. The summed E-state index contributed by atoms with van der Waals surface area (Å²) in [5.41, 5.74) is 4.09. The Balaban J connectivity index is 0.00000588. The lowest BCUT2D eigenvalue weighted by Gasteiger charge is -2.23. The van der Waals surface area contributed by atoms with Gasteiger partial charge >= 0.3 is 0 Å². The fraction of sp³-hybridized carbons (Fsp3) is 0.500. The Morgan fingerprint density at radius 1 is 0.756 bits per heavy atom. The smallest absolute Gasteiger partial charge is 0.254 e. The zero-order chi connectivity index (χ0) is 28.4. The van der Waals surface area contributed by atoms with Crippen molar-refractivity contribution in [3.8, 4) is 5.75 Å². The average molecular weight is 671 g/mol. The van der Waals surface area contributed by atoms with E-state index in [1.807, 2.05) is 60.6 Å². The van der Waals surface area contributed by atoms with E-state index in [9.17, 15) is 4.79 Å². The number of carbonyl (C=O) groups excluding carboxylic acids is 1. The molecule has 1 amide bonds. The molecule has 0 aliphatic carbocycles. The van der Waals surface area contributed by atoms with Gasteiger partial charge in [-0.15, -0.1) is 0 Å². The van der Waals surface area contributed by atoms with Gasteiger partial charge in [0.25, 0.3) is 5.91 Å². The highest BCUT2D eigenvalue weighted by molar-refractivity contribution is 5.94. The number of hydrogen-bond acceptors (Lipinski definition) is 2. The lowest BCUT2D eigenvalue weighted by Crippen LogP contribution is -3.00. The van der Waals surface area contributed by atoms with Crippen LogP contribution in [0.25, 0.3) is 0 Å². The van der Waals surface area contributed by atoms with Gasteiger partial charge in [-0.25, -0.2) is 4.57 Å². The standard InChI is InChI=1S/C36H51N2O2.HI/c1-4-5-6-7-8-9-10-11-12-13-14-20-27-40-35-25-24-33(31(2)28-35)29-38(30-34-23-18-19-26-37(34)3)36(39)32-21-16-15-17-22-32;/h15-19,21-26,28H,4-14,20,27,29-30H2,1-3H3;1H/q+1;/p-1. The maximum absolute atomic E-state index is 13.5. The van der Waals surface area contributed by atoms with E-state index in [1.54, 1.807) is 0 Å². The van der Waals surface area contributed by atoms with Gasteiger partial charge in [-0.1, -0.05) is 108 Å². The van der Waals surface area contributed by atoms with Crippen molar-refractivity contribution < 1.29 is 38.1 Å². The monoisotopic (exact) mass is 670 g/mol. The van der Waals surface area contributed by atoms with Crippen LogP contribution in [-0.4, -0.2) is 17.4 Å². The summed E-state index contributed by atoms with van der Waals surface area (Å²) in [7, 11) is 2.02. The number of carbonyl (C=O) groups is 1. The van der Waals surface area contributed by atoms with Gasteiger partial charge in [-0.2, -0.15) is 0 Å². The molecule has 5 heteroatoms. The number of halogens is 1. The van der Waals surface area contributed by atoms with Gasteiger partial charge in [0.2, 0.25) is 5.69 Å². The first-order valence-electron chi connectivity index (χ1n) is 15.6. The van der Waals surface area contributed by atoms with Gasteiger partial charge in [-0.05, 0) is 48.7 Å². The molecule has 0 saturated carbocycles. The number of benzene rings is 2. The van der Waals surface area contributed by atoms with Crippen LogP contribution in [0.2, 0.25) is 0 Å². The number of ether oxygens (including phenoxy) is 1. The minimum Gasteiger partial charge on any atom is -1.00 e. The Hall–Kier alpha value is -2.41. The zero-order valence-corrected chi connectivity index (χ0v) is 27.8. The van der Waals surface area contributed by atoms with E-state index in [-0.39, 0.29) is 29.9 Å². The van der Waals surface area contributed by atoms with Crippen LogP contribution in [-0.2, 0) is 20.1 Å². The molecule has 0 radical (unpaired) electrons. The number of amides is 1. The molecule has 0 unspecified atom stereocenters. The summed E-state index contributed by atoms with van der Waals surface area (Å²) in [6.07, 6.45) is 18.2. The molecule has 1 aromatic heterocycles. The van der Waals surface area contributed by atoms with Crippen LogP contribution in [0.3, 0.4) is 0 Å². The number of nitrogens with zero attached hydrogens (tertiary/aromatic N) is 2. The second kappa shape index (κ2) is 20.5. The fourth-order valence-electron chi connectivity index (χ4n) is 5.16. The van der Waals surface area contributed by atoms with Gasteiger partial charge < -0.3 is 33.6 Å². The van der Waals surface area contributed by atoms with E-state index in [1.165, 1.54) is 70.6 Å². The number of hydrogen-bond donors (Lipinski definition) is 0. The minimum atomic E-state index is 0. The number of pyridine rings is 1. The first-order chi connectivity index (χ1) is 19.6. The summed E-state index contributed by atoms with van der Waals surface area (Å²) < 4.78 is 8.16. The lowest BCUT2D eigenvalue weighted by atomic mass is 10.1. The van der Waals surface area contributed by atoms with Gasteiger partial charge in [0.05, 0.1) is 6.61 Å². The van der Waals surface area contributed by atoms with E-state index < -0.39 is 0 Å². The third kappa shape index (κ3) is 13.0. The molecule has 0 saturated heterocycles. The third-order valence-electron chi connectivity index (χ3n) is 7.77. The van der Waals surface area contributed by atoms with Crippen LogP contribution < -0.4 is 33.3 Å². The predicted octanol–water partition coefficient (Wildman–Crippen LogP) is 5.75. The molecule has 4 nitrogen and oxygen atoms in total. The molecular weight excluding hydrogens is 619 g/mol. The fourth-order valence-corrected chi connectivity index (χ4v) is 5.16. The molecule has 0 atom stereocenters. The van der Waals surface area contributed by atoms with Crippen molar-refractivity contribution in [1.29, 1.82) is 0 Å². The Bertz CT molecular complexity index is 1140. The van der Waals surface area contributed by atoms with E-state index in [2.05, 4.69) is 42.7 Å². The van der Waals surface area contributed by atoms with Crippen molar-refractivity contribution >= 4 is 5.91 Å². The largest absolute Gasteiger partial charge is 1.00 e. The van der Waals surface area contributed by atoms with Crippen LogP contribution >= 0.6 is 0 Å². The molecule has 41 heavy (non-hydrogen) atoms. The highest BCUT2D eigenvalue weighted by Crippen LogP contribution is 2.21. The molecule has 3 rings (SSSR count). The normalized spacial score (nSPS) is 10.7. The van der Waals surface area contributed by atoms with Crippen molar-refractivity contribution in [2.75, 3.05) is 6.61 Å². The second-order valence-electron chi connectivity index (χ2n) is 11.2. The quantitative estimate of drug-likeness (QED) is 0.0926. The van der Waals surface area contributed by atoms with Crippen molar-refractivity contribution in [2.45, 2.75) is 104 Å². The van der Waals surface area contributed by atoms with Gasteiger partial charge in [0.1, 0.15) is 19.3 Å². The summed E-state index contributed by atoms with van der Waals surface area (Å²) in [4.78, 5) is 15.4. The molecule has 0 spiro atoms. The first-order valence-corrected chi connectivity index (χ1v) is 15.6. The van der Waals surface area contributed by atoms with Gasteiger partial charge in [-0.3, -0.25) is 4.79 Å². The number of rotatable bonds is 19. The van der Waals surface area contributed by atoms with E-state index in [0.29, 0.717) is 18.7 Å². The highest BCUT2D eigenvalue weighted by atomic mass is 127. The Morgan fingerprint density at radius 2 is 1.37 bits per heavy atom. The molecular formula is C36H51IN2O2. The number of aryl methyl sites for hydroxylation is 2. The maximum atomic E-state index is 13.5. The predicted molar refractivity (Wildman–Crippen MR) is 165 cm³/mol. The summed E-state index contributed by atoms with van der Waals surface area (Å²) in [5.74, 6) is 0.955. The van der Waals surface area contributed by atoms with Crippen LogP contribution in [0.1, 0.15) is 111 Å². The van der Waals surface area contributed by atoms with Crippen molar-refractivity contribution in [1.82, 2.24) is 4.90 Å². The summed E-state index contributed by atoms with van der Waals surface area (Å²) >= 11 is 0. The van der Waals surface area contributed by atoms with Crippen LogP contribution in [0, 0.1) is 6.92 Å². The van der Waals surface area contributed by atoms with E-state index in [0.717, 1.165) is 35.6 Å². The third-order valence-corrected chi connectivity index (χ3v) is 7.77. The Kier molecular flexibility index (Phi) is 17.4. The number of unbranched alkanes of at least 4 members (excludes halogenated alkanes) is 11. The van der Waals surface area contributed by atoms with Gasteiger partial charge in [0.15, 0.2) is 6.20 Å². The first kappa shape index (κ1) is 34.8. The summed E-state index contributed by atoms with van der Waals surface area (Å²) in [6, 6.07) is 21.9. The summed E-state index contributed by atoms with van der Waals surface area (Å²) in [6.45, 7) is 6.25. The molecule has 0 aliphatic heterocycles. The molecule has 0 N–H and O–H groups in total. The molecule has 0 aliphatic rings. The maximum Gasteiger partial charge on any atom is 0.254 e. The molecule has 2 aromatic carbocycles. The second-order valence-corrected chi connectivity index (χ2v) is 11.2. The summed E-state index contributed by atoms with van der Waals surface area (Å²) in [5, 5.41) is 0. The zero-order valence-electron chi connectivity index (χ0n) is 25.6. The van der Waals surface area contributed by atoms with Crippen LogP contribution in [0.15, 0.2) is 72.9 Å². The molecule has 1 heterocycles. The molecule has 224 valence electrons. The Labute approximate surface area is 266 Å². The van der Waals surface area contributed by atoms with E-state index in [4.69, 9.17) is 4.74 Å². The SMILES string of the molecule is CCCCCCCCCCCCCCOc1ccc(CN(Cc2cccc[n+]2C)C(=O)c2ccccc2)c(C)c1.[I-]. The molecule has 0 fully saturated rings. The topological polar surface area (TPSA) is 33.4 Å². The minimum absolute atomic E-state index is 0. The Morgan fingerprint density at radius 3 is 1.98 bits per heavy atom. The van der Waals surface area contributed by atoms with Crippen molar-refractivity contribution in [3.05, 3.63) is 95.3 Å². The average Bonchev–Trinajstić information content (AvgIpc) is 2.97. The van der Waals surface area contributed by atoms with Crippen molar-refractivity contribution in [3.63, 3.8) is 0 Å². The highest BCUT2D eigenvalue weighted by Gasteiger charge is 2.21. The van der Waals surface area contributed by atoms with E-state index >= 15 is 0 Å². The van der Waals surface area contributed by atoms with Crippen LogP contribution in [0.5, 0.6) is 5.75 Å². The van der Waals surface area contributed by atoms with Crippen LogP contribution in [0.4, 0.5) is 0 Å². The molecule has 3 aromatic rings. The molecule has 0 bridgehead atoms. The van der Waals surface area contributed by atoms with Gasteiger partial charge in [0, 0.05) is 24.2 Å². The lowest BCUT2D eigenvalue weighted by molar-refractivity contribution is -0.680.